The Morgan fingerprint density at radius 2 is 2.06 bits per heavy atom. The van der Waals surface area contributed by atoms with E-state index < -0.39 is 0 Å². The number of nitrogens with zero attached hydrogens (tertiary/aromatic N) is 3. The fraction of sp³-hybridized carbons (Fsp3) is 0.167. The van der Waals surface area contributed by atoms with Gasteiger partial charge in [-0.2, -0.15) is 0 Å². The first-order chi connectivity index (χ1) is 7.68. The SMILES string of the molecule is Cc1ccc2c(n1)c(=O)n(C)c1cccn21. The third-order valence-electron chi connectivity index (χ3n) is 2.85. The maximum absolute atomic E-state index is 12.1. The van der Waals surface area contributed by atoms with Gasteiger partial charge in [-0.25, -0.2) is 4.98 Å². The average Bonchev–Trinajstić information content (AvgIpc) is 2.75. The van der Waals surface area contributed by atoms with Gasteiger partial charge < -0.3 is 4.40 Å². The van der Waals surface area contributed by atoms with E-state index in [1.54, 1.807) is 11.6 Å². The summed E-state index contributed by atoms with van der Waals surface area (Å²) in [5.41, 5.74) is 3.06. The van der Waals surface area contributed by atoms with Gasteiger partial charge in [-0.1, -0.05) is 0 Å². The lowest BCUT2D eigenvalue weighted by atomic mass is 10.3. The van der Waals surface area contributed by atoms with Gasteiger partial charge in [0.25, 0.3) is 5.56 Å². The summed E-state index contributed by atoms with van der Waals surface area (Å²) in [5.74, 6) is 0. The van der Waals surface area contributed by atoms with Crippen molar-refractivity contribution in [2.45, 2.75) is 6.92 Å². The highest BCUT2D eigenvalue weighted by atomic mass is 16.1. The van der Waals surface area contributed by atoms with Crippen LogP contribution >= 0.6 is 0 Å². The molecular weight excluding hydrogens is 202 g/mol. The Balaban J connectivity index is 2.71. The number of rotatable bonds is 0. The van der Waals surface area contributed by atoms with Gasteiger partial charge in [-0.3, -0.25) is 9.36 Å². The monoisotopic (exact) mass is 213 g/mol. The lowest BCUT2D eigenvalue weighted by molar-refractivity contribution is 0.875. The van der Waals surface area contributed by atoms with E-state index >= 15 is 0 Å². The van der Waals surface area contributed by atoms with Gasteiger partial charge in [0.05, 0.1) is 5.52 Å². The molecule has 0 aliphatic carbocycles. The van der Waals surface area contributed by atoms with E-state index in [0.717, 1.165) is 16.9 Å². The molecule has 0 amide bonds. The Morgan fingerprint density at radius 3 is 2.88 bits per heavy atom. The van der Waals surface area contributed by atoms with Crippen LogP contribution in [0.4, 0.5) is 0 Å². The molecule has 0 unspecified atom stereocenters. The van der Waals surface area contributed by atoms with Crippen LogP contribution in [0.1, 0.15) is 5.69 Å². The molecule has 80 valence electrons. The number of aryl methyl sites for hydroxylation is 2. The number of fused-ring (bicyclic) bond motifs is 3. The van der Waals surface area contributed by atoms with Crippen molar-refractivity contribution in [1.82, 2.24) is 14.0 Å². The first-order valence-corrected chi connectivity index (χ1v) is 5.12. The van der Waals surface area contributed by atoms with E-state index in [1.807, 2.05) is 41.8 Å². The Morgan fingerprint density at radius 1 is 1.25 bits per heavy atom. The molecule has 0 atom stereocenters. The van der Waals surface area contributed by atoms with E-state index in [-0.39, 0.29) is 5.56 Å². The van der Waals surface area contributed by atoms with Crippen molar-refractivity contribution in [1.29, 1.82) is 0 Å². The molecular formula is C12H11N3O. The van der Waals surface area contributed by atoms with Crippen molar-refractivity contribution in [3.63, 3.8) is 0 Å². The summed E-state index contributed by atoms with van der Waals surface area (Å²) in [4.78, 5) is 16.4. The summed E-state index contributed by atoms with van der Waals surface area (Å²) < 4.78 is 3.60. The second-order valence-electron chi connectivity index (χ2n) is 3.92. The highest BCUT2D eigenvalue weighted by Crippen LogP contribution is 2.12. The lowest BCUT2D eigenvalue weighted by Crippen LogP contribution is -2.20. The van der Waals surface area contributed by atoms with Gasteiger partial charge in [0, 0.05) is 18.9 Å². The summed E-state index contributed by atoms with van der Waals surface area (Å²) in [6, 6.07) is 7.70. The summed E-state index contributed by atoms with van der Waals surface area (Å²) in [7, 11) is 1.76. The van der Waals surface area contributed by atoms with Crippen molar-refractivity contribution in [3.8, 4) is 0 Å². The maximum atomic E-state index is 12.1. The Labute approximate surface area is 91.8 Å². The summed E-state index contributed by atoms with van der Waals surface area (Å²) in [5, 5.41) is 0. The number of aromatic nitrogens is 3. The molecule has 3 heterocycles. The molecule has 0 radical (unpaired) electrons. The van der Waals surface area contributed by atoms with Crippen LogP contribution in [0, 0.1) is 6.92 Å². The minimum absolute atomic E-state index is 0.0510. The highest BCUT2D eigenvalue weighted by molar-refractivity contribution is 5.77. The molecule has 0 aliphatic rings. The highest BCUT2D eigenvalue weighted by Gasteiger charge is 2.08. The number of pyridine rings is 1. The standard InChI is InChI=1S/C12H11N3O/c1-8-5-6-9-11(13-8)12(16)14(2)10-4-3-7-15(9)10/h3-7H,1-2H3. The fourth-order valence-electron chi connectivity index (χ4n) is 2.01. The molecule has 4 heteroatoms. The van der Waals surface area contributed by atoms with Crippen LogP contribution in [-0.2, 0) is 7.05 Å². The predicted molar refractivity (Wildman–Crippen MR) is 62.7 cm³/mol. The van der Waals surface area contributed by atoms with Gasteiger partial charge in [-0.15, -0.1) is 0 Å². The van der Waals surface area contributed by atoms with E-state index in [0.29, 0.717) is 5.52 Å². The largest absolute Gasteiger partial charge is 0.301 e. The van der Waals surface area contributed by atoms with Gasteiger partial charge in [0.1, 0.15) is 5.65 Å². The first kappa shape index (κ1) is 9.15. The summed E-state index contributed by atoms with van der Waals surface area (Å²) in [6.07, 6.45) is 1.94. The molecule has 3 aromatic rings. The molecule has 4 nitrogen and oxygen atoms in total. The smallest absolute Gasteiger partial charge is 0.279 e. The van der Waals surface area contributed by atoms with E-state index in [9.17, 15) is 4.79 Å². The van der Waals surface area contributed by atoms with Gasteiger partial charge >= 0.3 is 0 Å². The van der Waals surface area contributed by atoms with Crippen molar-refractivity contribution < 1.29 is 0 Å². The van der Waals surface area contributed by atoms with Crippen LogP contribution in [0.25, 0.3) is 16.7 Å². The Kier molecular flexibility index (Phi) is 1.68. The third kappa shape index (κ3) is 1.04. The second kappa shape index (κ2) is 2.95. The minimum atomic E-state index is -0.0510. The van der Waals surface area contributed by atoms with Crippen molar-refractivity contribution in [2.24, 2.45) is 7.05 Å². The second-order valence-corrected chi connectivity index (χ2v) is 3.92. The minimum Gasteiger partial charge on any atom is -0.301 e. The van der Waals surface area contributed by atoms with Crippen LogP contribution in [-0.4, -0.2) is 14.0 Å². The van der Waals surface area contributed by atoms with Crippen LogP contribution < -0.4 is 5.56 Å². The van der Waals surface area contributed by atoms with Crippen LogP contribution in [0.2, 0.25) is 0 Å². The van der Waals surface area contributed by atoms with Gasteiger partial charge in [0.2, 0.25) is 0 Å². The van der Waals surface area contributed by atoms with Crippen molar-refractivity contribution in [3.05, 3.63) is 46.5 Å². The Hall–Kier alpha value is -2.10. The molecule has 0 saturated heterocycles. The molecule has 0 bridgehead atoms. The van der Waals surface area contributed by atoms with E-state index in [2.05, 4.69) is 4.98 Å². The molecule has 0 N–H and O–H groups in total. The zero-order valence-corrected chi connectivity index (χ0v) is 9.14. The molecule has 3 aromatic heterocycles. The zero-order chi connectivity index (χ0) is 11.3. The predicted octanol–water partition coefficient (Wildman–Crippen LogP) is 1.49. The summed E-state index contributed by atoms with van der Waals surface area (Å²) >= 11 is 0. The van der Waals surface area contributed by atoms with Crippen molar-refractivity contribution in [2.75, 3.05) is 0 Å². The lowest BCUT2D eigenvalue weighted by Gasteiger charge is -2.07. The molecule has 0 aliphatic heterocycles. The van der Waals surface area contributed by atoms with E-state index in [1.165, 1.54) is 0 Å². The first-order valence-electron chi connectivity index (χ1n) is 5.12. The van der Waals surface area contributed by atoms with Gasteiger partial charge in [-0.05, 0) is 31.2 Å². The average molecular weight is 213 g/mol. The topological polar surface area (TPSA) is 39.3 Å². The van der Waals surface area contributed by atoms with E-state index in [4.69, 9.17) is 0 Å². The maximum Gasteiger partial charge on any atom is 0.279 e. The zero-order valence-electron chi connectivity index (χ0n) is 9.14. The molecule has 16 heavy (non-hydrogen) atoms. The van der Waals surface area contributed by atoms with Crippen molar-refractivity contribution >= 4 is 16.7 Å². The number of hydrogen-bond acceptors (Lipinski definition) is 2. The van der Waals surface area contributed by atoms with Gasteiger partial charge in [0.15, 0.2) is 5.52 Å². The van der Waals surface area contributed by atoms with Crippen LogP contribution in [0.5, 0.6) is 0 Å². The number of hydrogen-bond donors (Lipinski definition) is 0. The normalized spacial score (nSPS) is 11.4. The third-order valence-corrected chi connectivity index (χ3v) is 2.85. The molecule has 0 fully saturated rings. The molecule has 0 aromatic carbocycles. The quantitative estimate of drug-likeness (QED) is 0.567. The summed E-state index contributed by atoms with van der Waals surface area (Å²) in [6.45, 7) is 1.89. The molecule has 0 spiro atoms. The van der Waals surface area contributed by atoms with Crippen LogP contribution in [0.3, 0.4) is 0 Å². The fourth-order valence-corrected chi connectivity index (χ4v) is 2.01. The van der Waals surface area contributed by atoms with Crippen LogP contribution in [0.15, 0.2) is 35.3 Å². The molecule has 0 saturated carbocycles. The Bertz CT molecular complexity index is 752. The molecule has 3 rings (SSSR count).